The Labute approximate surface area is 91.5 Å². The van der Waals surface area contributed by atoms with Crippen molar-refractivity contribution in [3.63, 3.8) is 0 Å². The van der Waals surface area contributed by atoms with Crippen molar-refractivity contribution < 1.29 is 27.0 Å². The predicted molar refractivity (Wildman–Crippen MR) is 50.3 cm³/mol. The van der Waals surface area contributed by atoms with Crippen molar-refractivity contribution in [2.24, 2.45) is 0 Å². The van der Waals surface area contributed by atoms with Gasteiger partial charge in [0.05, 0.1) is 5.56 Å². The van der Waals surface area contributed by atoms with Crippen LogP contribution >= 0.6 is 0 Å². The lowest BCUT2D eigenvalue weighted by atomic mass is 10.1. The molecule has 0 fully saturated rings. The van der Waals surface area contributed by atoms with Crippen molar-refractivity contribution in [3.05, 3.63) is 35.4 Å². The van der Waals surface area contributed by atoms with E-state index in [9.17, 15) is 22.5 Å². The van der Waals surface area contributed by atoms with E-state index < -0.39 is 29.2 Å². The molecule has 0 bridgehead atoms. The van der Waals surface area contributed by atoms with Crippen LogP contribution in [-0.4, -0.2) is 13.9 Å². The maximum absolute atomic E-state index is 12.3. The average molecular weight is 255 g/mol. The zero-order valence-electron chi connectivity index (χ0n) is 7.73. The monoisotopic (exact) mass is 255 g/mol. The van der Waals surface area contributed by atoms with Crippen molar-refractivity contribution in [1.82, 2.24) is 4.72 Å². The van der Waals surface area contributed by atoms with Crippen LogP contribution in [-0.2, 0) is 17.4 Å². The van der Waals surface area contributed by atoms with Crippen molar-refractivity contribution >= 4 is 11.3 Å². The Kier molecular flexibility index (Phi) is 4.03. The maximum Gasteiger partial charge on any atom is 0.416 e. The predicted octanol–water partition coefficient (Wildman–Crippen LogP) is 1.42. The molecule has 2 atom stereocenters. The van der Waals surface area contributed by atoms with Crippen molar-refractivity contribution in [3.8, 4) is 0 Å². The Bertz CT molecular complexity index is 396. The van der Waals surface area contributed by atoms with Gasteiger partial charge in [-0.15, -0.1) is 0 Å². The fourth-order valence-electron chi connectivity index (χ4n) is 1.05. The van der Waals surface area contributed by atoms with E-state index in [0.717, 1.165) is 12.1 Å². The highest BCUT2D eigenvalue weighted by Crippen LogP contribution is 2.30. The van der Waals surface area contributed by atoms with Crippen LogP contribution in [0.4, 0.5) is 13.2 Å². The number of aliphatic hydroxyl groups is 1. The van der Waals surface area contributed by atoms with Crippen LogP contribution in [0.3, 0.4) is 0 Å². The van der Waals surface area contributed by atoms with Crippen LogP contribution < -0.4 is 4.72 Å². The first-order valence-corrected chi connectivity index (χ1v) is 5.13. The number of benzene rings is 1. The quantitative estimate of drug-likeness (QED) is 0.565. The number of hydrogen-bond acceptors (Lipinski definition) is 2. The zero-order valence-corrected chi connectivity index (χ0v) is 8.55. The third-order valence-corrected chi connectivity index (χ3v) is 2.17. The van der Waals surface area contributed by atoms with Crippen LogP contribution in [0.15, 0.2) is 24.3 Å². The van der Waals surface area contributed by atoms with Gasteiger partial charge >= 0.3 is 6.18 Å². The average Bonchev–Trinajstić information content (AvgIpc) is 2.15. The second kappa shape index (κ2) is 4.91. The molecule has 3 N–H and O–H groups in total. The number of halogens is 3. The van der Waals surface area contributed by atoms with Gasteiger partial charge < -0.3 is 5.11 Å². The highest BCUT2D eigenvalue weighted by molar-refractivity contribution is 7.77. The highest BCUT2D eigenvalue weighted by atomic mass is 32.2. The molecular formula is C8H8F3NO3S. The van der Waals surface area contributed by atoms with E-state index in [4.69, 9.17) is 4.55 Å². The summed E-state index contributed by atoms with van der Waals surface area (Å²) < 4.78 is 57.3. The van der Waals surface area contributed by atoms with Gasteiger partial charge in [0.15, 0.2) is 0 Å². The molecule has 0 amide bonds. The summed E-state index contributed by atoms with van der Waals surface area (Å²) in [6.07, 6.45) is -6.15. The minimum atomic E-state index is -4.52. The van der Waals surface area contributed by atoms with Crippen molar-refractivity contribution in [2.45, 2.75) is 12.4 Å². The molecule has 0 heterocycles. The summed E-state index contributed by atoms with van der Waals surface area (Å²) in [6, 6.07) is 3.85. The van der Waals surface area contributed by atoms with Crippen LogP contribution in [0, 0.1) is 0 Å². The molecule has 0 aliphatic carbocycles. The van der Waals surface area contributed by atoms with Crippen LogP contribution in [0.2, 0.25) is 0 Å². The molecule has 1 rings (SSSR count). The van der Waals surface area contributed by atoms with Gasteiger partial charge in [-0.1, -0.05) is 12.1 Å². The normalized spacial score (nSPS) is 15.8. The first-order chi connectivity index (χ1) is 7.30. The molecule has 0 saturated heterocycles. The number of alkyl halides is 3. The molecule has 16 heavy (non-hydrogen) atoms. The maximum atomic E-state index is 12.3. The first kappa shape index (κ1) is 13.1. The summed E-state index contributed by atoms with van der Waals surface area (Å²) in [5, 5.41) is 9.25. The molecule has 8 heteroatoms. The van der Waals surface area contributed by atoms with E-state index in [1.807, 2.05) is 0 Å². The zero-order chi connectivity index (χ0) is 12.3. The molecule has 90 valence electrons. The topological polar surface area (TPSA) is 69.6 Å². The third kappa shape index (κ3) is 3.56. The van der Waals surface area contributed by atoms with Gasteiger partial charge in [0.2, 0.25) is 11.3 Å². The van der Waals surface area contributed by atoms with Crippen LogP contribution in [0.25, 0.3) is 0 Å². The Morgan fingerprint density at radius 1 is 1.38 bits per heavy atom. The molecular weight excluding hydrogens is 247 g/mol. The van der Waals surface area contributed by atoms with Crippen LogP contribution in [0.5, 0.6) is 0 Å². The Balaban J connectivity index is 2.94. The summed E-state index contributed by atoms with van der Waals surface area (Å²) in [7, 11) is 0. The SMILES string of the molecule is O=S(O)NC(O)c1cccc(C(F)(F)F)c1. The minimum absolute atomic E-state index is 0.141. The minimum Gasteiger partial charge on any atom is -0.373 e. The van der Waals surface area contributed by atoms with Gasteiger partial charge in [-0.25, -0.2) is 4.21 Å². The van der Waals surface area contributed by atoms with Crippen molar-refractivity contribution in [1.29, 1.82) is 0 Å². The second-order valence-electron chi connectivity index (χ2n) is 2.89. The molecule has 0 saturated carbocycles. The lowest BCUT2D eigenvalue weighted by molar-refractivity contribution is -0.137. The molecule has 2 unspecified atom stereocenters. The smallest absolute Gasteiger partial charge is 0.373 e. The highest BCUT2D eigenvalue weighted by Gasteiger charge is 2.30. The Morgan fingerprint density at radius 2 is 2.00 bits per heavy atom. The Morgan fingerprint density at radius 3 is 2.50 bits per heavy atom. The van der Waals surface area contributed by atoms with E-state index in [1.165, 1.54) is 6.07 Å². The van der Waals surface area contributed by atoms with Gasteiger partial charge in [0, 0.05) is 0 Å². The number of nitrogens with one attached hydrogen (secondary N) is 1. The molecule has 0 aromatic heterocycles. The van der Waals surface area contributed by atoms with Gasteiger partial charge in [-0.05, 0) is 17.7 Å². The summed E-state index contributed by atoms with van der Waals surface area (Å²) in [4.78, 5) is 0. The molecule has 0 spiro atoms. The van der Waals surface area contributed by atoms with E-state index in [0.29, 0.717) is 6.07 Å². The molecule has 4 nitrogen and oxygen atoms in total. The lowest BCUT2D eigenvalue weighted by Crippen LogP contribution is -2.23. The largest absolute Gasteiger partial charge is 0.416 e. The molecule has 1 aromatic carbocycles. The van der Waals surface area contributed by atoms with Gasteiger partial charge in [0.1, 0.15) is 6.23 Å². The van der Waals surface area contributed by atoms with Gasteiger partial charge in [-0.2, -0.15) is 17.9 Å². The van der Waals surface area contributed by atoms with Crippen LogP contribution in [0.1, 0.15) is 17.4 Å². The standard InChI is InChI=1S/C8H8F3NO3S/c9-8(10,11)6-3-1-2-5(4-6)7(13)12-16(14)15/h1-4,7,12-13H,(H,14,15). The fourth-order valence-corrected chi connectivity index (χ4v) is 1.38. The number of hydrogen-bond donors (Lipinski definition) is 3. The van der Waals surface area contributed by atoms with E-state index in [2.05, 4.69) is 0 Å². The molecule has 0 aliphatic heterocycles. The lowest BCUT2D eigenvalue weighted by Gasteiger charge is -2.12. The second-order valence-corrected chi connectivity index (χ2v) is 3.63. The molecule has 0 radical (unpaired) electrons. The van der Waals surface area contributed by atoms with E-state index in [-0.39, 0.29) is 5.56 Å². The first-order valence-electron chi connectivity index (χ1n) is 4.03. The summed E-state index contributed by atoms with van der Waals surface area (Å²) in [5.41, 5.74) is -1.08. The number of rotatable bonds is 3. The third-order valence-electron chi connectivity index (χ3n) is 1.74. The number of aliphatic hydroxyl groups excluding tert-OH is 1. The summed E-state index contributed by atoms with van der Waals surface area (Å²) in [6.45, 7) is 0. The molecule has 0 aliphatic rings. The van der Waals surface area contributed by atoms with Gasteiger partial charge in [-0.3, -0.25) is 4.55 Å². The summed E-state index contributed by atoms with van der Waals surface area (Å²) >= 11 is -2.51. The molecule has 1 aromatic rings. The van der Waals surface area contributed by atoms with Crippen molar-refractivity contribution in [2.75, 3.05) is 0 Å². The fraction of sp³-hybridized carbons (Fsp3) is 0.250. The summed E-state index contributed by atoms with van der Waals surface area (Å²) in [5.74, 6) is 0. The van der Waals surface area contributed by atoms with E-state index >= 15 is 0 Å². The van der Waals surface area contributed by atoms with Gasteiger partial charge in [0.25, 0.3) is 0 Å². The van der Waals surface area contributed by atoms with E-state index in [1.54, 1.807) is 4.72 Å². The Hall–Kier alpha value is -0.960.